The number of hydrogen-bond acceptors (Lipinski definition) is 5. The van der Waals surface area contributed by atoms with Crippen molar-refractivity contribution in [1.82, 2.24) is 20.4 Å². The molecule has 2 amide bonds. The number of amides is 2. The second-order valence-electron chi connectivity index (χ2n) is 7.19. The summed E-state index contributed by atoms with van der Waals surface area (Å²) < 4.78 is 5.21. The molecule has 0 radical (unpaired) electrons. The Balaban J connectivity index is 1.23. The Labute approximate surface area is 152 Å². The summed E-state index contributed by atoms with van der Waals surface area (Å²) >= 11 is 0. The molecule has 2 aromatic rings. The SMILES string of the molecule is O=C(NCCc1nc(C2CC2)no1)N1CCC(O)(c2ccccc2)CC1. The summed E-state index contributed by atoms with van der Waals surface area (Å²) in [6.07, 6.45) is 3.89. The average molecular weight is 356 g/mol. The lowest BCUT2D eigenvalue weighted by atomic mass is 9.84. The van der Waals surface area contributed by atoms with Gasteiger partial charge in [0, 0.05) is 32.0 Å². The molecule has 7 heteroatoms. The minimum Gasteiger partial charge on any atom is -0.385 e. The second-order valence-corrected chi connectivity index (χ2v) is 7.19. The van der Waals surface area contributed by atoms with E-state index in [1.807, 2.05) is 30.3 Å². The van der Waals surface area contributed by atoms with Gasteiger partial charge in [0.15, 0.2) is 5.82 Å². The van der Waals surface area contributed by atoms with E-state index in [2.05, 4.69) is 15.5 Å². The van der Waals surface area contributed by atoms with Gasteiger partial charge < -0.3 is 19.8 Å². The lowest BCUT2D eigenvalue weighted by molar-refractivity contribution is -0.0167. The fourth-order valence-electron chi connectivity index (χ4n) is 3.38. The Morgan fingerprint density at radius 3 is 2.69 bits per heavy atom. The Hall–Kier alpha value is -2.41. The fraction of sp³-hybridized carbons (Fsp3) is 0.526. The third-order valence-electron chi connectivity index (χ3n) is 5.23. The Kier molecular flexibility index (Phi) is 4.63. The van der Waals surface area contributed by atoms with E-state index in [1.54, 1.807) is 4.90 Å². The Morgan fingerprint density at radius 1 is 1.27 bits per heavy atom. The third kappa shape index (κ3) is 3.72. The predicted molar refractivity (Wildman–Crippen MR) is 94.5 cm³/mol. The highest BCUT2D eigenvalue weighted by atomic mass is 16.5. The van der Waals surface area contributed by atoms with Crippen LogP contribution in [0.15, 0.2) is 34.9 Å². The van der Waals surface area contributed by atoms with E-state index in [9.17, 15) is 9.90 Å². The van der Waals surface area contributed by atoms with Crippen molar-refractivity contribution in [3.8, 4) is 0 Å². The molecule has 1 saturated heterocycles. The van der Waals surface area contributed by atoms with Crippen LogP contribution in [0.25, 0.3) is 0 Å². The molecule has 1 aliphatic carbocycles. The molecule has 0 bridgehead atoms. The second kappa shape index (κ2) is 7.07. The molecule has 2 heterocycles. The van der Waals surface area contributed by atoms with Crippen LogP contribution in [0.1, 0.15) is 48.9 Å². The lowest BCUT2D eigenvalue weighted by Gasteiger charge is -2.38. The number of nitrogens with one attached hydrogen (secondary N) is 1. The average Bonchev–Trinajstić information content (AvgIpc) is 3.42. The number of benzene rings is 1. The first-order valence-electron chi connectivity index (χ1n) is 9.27. The van der Waals surface area contributed by atoms with Gasteiger partial charge in [-0.15, -0.1) is 0 Å². The van der Waals surface area contributed by atoms with Gasteiger partial charge in [-0.3, -0.25) is 0 Å². The molecule has 7 nitrogen and oxygen atoms in total. The van der Waals surface area contributed by atoms with E-state index < -0.39 is 5.60 Å². The lowest BCUT2D eigenvalue weighted by Crippen LogP contribution is -2.49. The highest BCUT2D eigenvalue weighted by Crippen LogP contribution is 2.38. The first kappa shape index (κ1) is 17.0. The van der Waals surface area contributed by atoms with Crippen LogP contribution >= 0.6 is 0 Å². The molecule has 26 heavy (non-hydrogen) atoms. The zero-order valence-corrected chi connectivity index (χ0v) is 14.7. The molecule has 1 aromatic heterocycles. The van der Waals surface area contributed by atoms with Crippen LogP contribution in [-0.2, 0) is 12.0 Å². The first-order chi connectivity index (χ1) is 12.6. The smallest absolute Gasteiger partial charge is 0.317 e. The van der Waals surface area contributed by atoms with E-state index in [0.717, 1.165) is 24.2 Å². The number of urea groups is 1. The Bertz CT molecular complexity index is 749. The van der Waals surface area contributed by atoms with Crippen molar-refractivity contribution in [3.63, 3.8) is 0 Å². The summed E-state index contributed by atoms with van der Waals surface area (Å²) in [6.45, 7) is 1.53. The van der Waals surface area contributed by atoms with Crippen LogP contribution in [0.5, 0.6) is 0 Å². The van der Waals surface area contributed by atoms with Crippen LogP contribution < -0.4 is 5.32 Å². The number of carbonyl (C=O) groups excluding carboxylic acids is 1. The van der Waals surface area contributed by atoms with Gasteiger partial charge in [-0.25, -0.2) is 4.79 Å². The number of aromatic nitrogens is 2. The monoisotopic (exact) mass is 356 g/mol. The molecule has 0 atom stereocenters. The zero-order valence-electron chi connectivity index (χ0n) is 14.7. The molecule has 138 valence electrons. The van der Waals surface area contributed by atoms with Crippen LogP contribution in [0.4, 0.5) is 4.79 Å². The van der Waals surface area contributed by atoms with Crippen molar-refractivity contribution in [1.29, 1.82) is 0 Å². The maximum atomic E-state index is 12.3. The summed E-state index contributed by atoms with van der Waals surface area (Å²) in [4.78, 5) is 18.4. The van der Waals surface area contributed by atoms with Gasteiger partial charge in [-0.1, -0.05) is 35.5 Å². The summed E-state index contributed by atoms with van der Waals surface area (Å²) in [6, 6.07) is 9.57. The van der Waals surface area contributed by atoms with Crippen molar-refractivity contribution in [2.75, 3.05) is 19.6 Å². The van der Waals surface area contributed by atoms with Gasteiger partial charge in [0.1, 0.15) is 0 Å². The van der Waals surface area contributed by atoms with Gasteiger partial charge >= 0.3 is 6.03 Å². The van der Waals surface area contributed by atoms with E-state index in [1.165, 1.54) is 0 Å². The maximum absolute atomic E-state index is 12.3. The van der Waals surface area contributed by atoms with Crippen LogP contribution in [0, 0.1) is 0 Å². The number of likely N-dealkylation sites (tertiary alicyclic amines) is 1. The van der Waals surface area contributed by atoms with E-state index in [4.69, 9.17) is 4.52 Å². The number of aliphatic hydroxyl groups is 1. The number of piperidine rings is 1. The summed E-state index contributed by atoms with van der Waals surface area (Å²) in [7, 11) is 0. The number of hydrogen-bond donors (Lipinski definition) is 2. The number of rotatable bonds is 5. The van der Waals surface area contributed by atoms with E-state index >= 15 is 0 Å². The maximum Gasteiger partial charge on any atom is 0.317 e. The molecular weight excluding hydrogens is 332 g/mol. The van der Waals surface area contributed by atoms with Gasteiger partial charge in [0.05, 0.1) is 5.60 Å². The highest BCUT2D eigenvalue weighted by molar-refractivity contribution is 5.74. The van der Waals surface area contributed by atoms with Gasteiger partial charge in [-0.05, 0) is 31.2 Å². The van der Waals surface area contributed by atoms with Crippen LogP contribution in [0.2, 0.25) is 0 Å². The van der Waals surface area contributed by atoms with E-state index in [-0.39, 0.29) is 6.03 Å². The summed E-state index contributed by atoms with van der Waals surface area (Å²) in [5.41, 5.74) is 0.0731. The molecular formula is C19H24N4O3. The zero-order chi connectivity index (χ0) is 18.0. The molecule has 2 N–H and O–H groups in total. The molecule has 1 aromatic carbocycles. The Morgan fingerprint density at radius 2 is 2.00 bits per heavy atom. The minimum atomic E-state index is -0.846. The molecule has 4 rings (SSSR count). The van der Waals surface area contributed by atoms with Gasteiger partial charge in [-0.2, -0.15) is 4.98 Å². The predicted octanol–water partition coefficient (Wildman–Crippen LogP) is 2.18. The highest BCUT2D eigenvalue weighted by Gasteiger charge is 2.35. The normalized spacial score (nSPS) is 19.3. The molecule has 2 fully saturated rings. The minimum absolute atomic E-state index is 0.109. The molecule has 2 aliphatic rings. The largest absolute Gasteiger partial charge is 0.385 e. The molecule has 0 spiro atoms. The molecule has 0 unspecified atom stereocenters. The summed E-state index contributed by atoms with van der Waals surface area (Å²) in [5, 5.41) is 17.7. The topological polar surface area (TPSA) is 91.5 Å². The first-order valence-corrected chi connectivity index (χ1v) is 9.27. The van der Waals surface area contributed by atoms with Gasteiger partial charge in [0.2, 0.25) is 5.89 Å². The quantitative estimate of drug-likeness (QED) is 0.857. The standard InChI is InChI=1S/C19H24N4O3/c24-18(20-11-8-16-21-17(22-26-16)14-6-7-14)23-12-9-19(25,10-13-23)15-4-2-1-3-5-15/h1-5,14,25H,6-13H2,(H,20,24). The van der Waals surface area contributed by atoms with Crippen molar-refractivity contribution >= 4 is 6.03 Å². The van der Waals surface area contributed by atoms with Gasteiger partial charge in [0.25, 0.3) is 0 Å². The van der Waals surface area contributed by atoms with Crippen molar-refractivity contribution < 1.29 is 14.4 Å². The number of carbonyl (C=O) groups is 1. The van der Waals surface area contributed by atoms with Crippen molar-refractivity contribution in [2.24, 2.45) is 0 Å². The van der Waals surface area contributed by atoms with E-state index in [0.29, 0.717) is 50.7 Å². The fourth-order valence-corrected chi connectivity index (χ4v) is 3.38. The molecule has 1 saturated carbocycles. The van der Waals surface area contributed by atoms with Crippen LogP contribution in [-0.4, -0.2) is 45.8 Å². The third-order valence-corrected chi connectivity index (χ3v) is 5.23. The van der Waals surface area contributed by atoms with Crippen molar-refractivity contribution in [3.05, 3.63) is 47.6 Å². The number of nitrogens with zero attached hydrogens (tertiary/aromatic N) is 3. The molecule has 1 aliphatic heterocycles. The van der Waals surface area contributed by atoms with Crippen molar-refractivity contribution in [2.45, 2.75) is 43.6 Å². The van der Waals surface area contributed by atoms with Crippen LogP contribution in [0.3, 0.4) is 0 Å². The summed E-state index contributed by atoms with van der Waals surface area (Å²) in [5.74, 6) is 1.84.